The SMILES string of the molecule is CC(C)NCCC(=O)NCc1cncs1. The fourth-order valence-corrected chi connectivity index (χ4v) is 1.61. The van der Waals surface area contributed by atoms with Gasteiger partial charge >= 0.3 is 0 Å². The van der Waals surface area contributed by atoms with Gasteiger partial charge in [0.1, 0.15) is 0 Å². The van der Waals surface area contributed by atoms with E-state index in [9.17, 15) is 4.79 Å². The monoisotopic (exact) mass is 227 g/mol. The molecule has 0 saturated carbocycles. The van der Waals surface area contributed by atoms with E-state index in [0.717, 1.165) is 11.4 Å². The number of nitrogens with one attached hydrogen (secondary N) is 2. The summed E-state index contributed by atoms with van der Waals surface area (Å²) in [6.07, 6.45) is 2.30. The van der Waals surface area contributed by atoms with Crippen molar-refractivity contribution in [3.8, 4) is 0 Å². The Labute approximate surface area is 94.1 Å². The highest BCUT2D eigenvalue weighted by atomic mass is 32.1. The van der Waals surface area contributed by atoms with Crippen molar-refractivity contribution < 1.29 is 4.79 Å². The van der Waals surface area contributed by atoms with Crippen LogP contribution in [0.15, 0.2) is 11.7 Å². The first-order valence-electron chi connectivity index (χ1n) is 5.06. The third-order valence-corrected chi connectivity index (χ3v) is 2.63. The van der Waals surface area contributed by atoms with E-state index in [2.05, 4.69) is 29.5 Å². The van der Waals surface area contributed by atoms with E-state index in [-0.39, 0.29) is 5.91 Å². The summed E-state index contributed by atoms with van der Waals surface area (Å²) >= 11 is 1.55. The predicted molar refractivity (Wildman–Crippen MR) is 61.7 cm³/mol. The highest BCUT2D eigenvalue weighted by molar-refractivity contribution is 7.09. The summed E-state index contributed by atoms with van der Waals surface area (Å²) in [6, 6.07) is 0.430. The number of carbonyl (C=O) groups is 1. The molecule has 0 saturated heterocycles. The van der Waals surface area contributed by atoms with E-state index >= 15 is 0 Å². The standard InChI is InChI=1S/C10H17N3OS/c1-8(2)12-4-3-10(14)13-6-9-5-11-7-15-9/h5,7-8,12H,3-4,6H2,1-2H3,(H,13,14). The average Bonchev–Trinajstić information content (AvgIpc) is 2.66. The van der Waals surface area contributed by atoms with E-state index < -0.39 is 0 Å². The summed E-state index contributed by atoms with van der Waals surface area (Å²) in [6.45, 7) is 5.45. The average molecular weight is 227 g/mol. The largest absolute Gasteiger partial charge is 0.351 e. The fourth-order valence-electron chi connectivity index (χ4n) is 1.08. The van der Waals surface area contributed by atoms with Crippen LogP contribution in [0, 0.1) is 0 Å². The van der Waals surface area contributed by atoms with Crippen LogP contribution in [0.4, 0.5) is 0 Å². The normalized spacial score (nSPS) is 10.6. The Morgan fingerprint density at radius 2 is 2.40 bits per heavy atom. The van der Waals surface area contributed by atoms with Crippen LogP contribution >= 0.6 is 11.3 Å². The van der Waals surface area contributed by atoms with Gasteiger partial charge in [-0.3, -0.25) is 9.78 Å². The number of carbonyl (C=O) groups excluding carboxylic acids is 1. The van der Waals surface area contributed by atoms with Crippen LogP contribution < -0.4 is 10.6 Å². The maximum Gasteiger partial charge on any atom is 0.221 e. The minimum Gasteiger partial charge on any atom is -0.351 e. The Kier molecular flexibility index (Phi) is 5.28. The molecule has 1 aromatic rings. The number of hydrogen-bond donors (Lipinski definition) is 2. The van der Waals surface area contributed by atoms with E-state index in [4.69, 9.17) is 0 Å². The van der Waals surface area contributed by atoms with E-state index in [0.29, 0.717) is 19.0 Å². The molecular weight excluding hydrogens is 210 g/mol. The van der Waals surface area contributed by atoms with Crippen LogP contribution in [0.2, 0.25) is 0 Å². The van der Waals surface area contributed by atoms with Gasteiger partial charge in [0.25, 0.3) is 0 Å². The lowest BCUT2D eigenvalue weighted by Gasteiger charge is -2.07. The van der Waals surface area contributed by atoms with Crippen molar-refractivity contribution in [2.24, 2.45) is 0 Å². The lowest BCUT2D eigenvalue weighted by Crippen LogP contribution is -2.30. The first-order valence-corrected chi connectivity index (χ1v) is 5.94. The second kappa shape index (κ2) is 6.53. The van der Waals surface area contributed by atoms with Crippen molar-refractivity contribution in [3.63, 3.8) is 0 Å². The molecule has 0 bridgehead atoms. The Bertz CT molecular complexity index is 285. The number of aromatic nitrogens is 1. The van der Waals surface area contributed by atoms with Crippen LogP contribution in [0.1, 0.15) is 25.1 Å². The minimum atomic E-state index is 0.0801. The zero-order valence-corrected chi connectivity index (χ0v) is 9.93. The van der Waals surface area contributed by atoms with Crippen molar-refractivity contribution in [3.05, 3.63) is 16.6 Å². The quantitative estimate of drug-likeness (QED) is 0.766. The summed E-state index contributed by atoms with van der Waals surface area (Å²) in [5.74, 6) is 0.0801. The van der Waals surface area contributed by atoms with Gasteiger partial charge in [0.15, 0.2) is 0 Å². The van der Waals surface area contributed by atoms with Gasteiger partial charge in [-0.2, -0.15) is 0 Å². The second-order valence-electron chi connectivity index (χ2n) is 3.60. The summed E-state index contributed by atoms with van der Waals surface area (Å²) in [5, 5.41) is 6.05. The Morgan fingerprint density at radius 1 is 1.60 bits per heavy atom. The molecule has 0 aliphatic heterocycles. The number of hydrogen-bond acceptors (Lipinski definition) is 4. The van der Waals surface area contributed by atoms with Gasteiger partial charge < -0.3 is 10.6 Å². The molecule has 0 radical (unpaired) electrons. The highest BCUT2D eigenvalue weighted by Gasteiger charge is 2.02. The summed E-state index contributed by atoms with van der Waals surface area (Å²) in [5.41, 5.74) is 1.77. The van der Waals surface area contributed by atoms with Gasteiger partial charge in [0.2, 0.25) is 5.91 Å². The zero-order chi connectivity index (χ0) is 11.1. The summed E-state index contributed by atoms with van der Waals surface area (Å²) in [4.78, 5) is 16.4. The second-order valence-corrected chi connectivity index (χ2v) is 4.57. The van der Waals surface area contributed by atoms with Gasteiger partial charge in [-0.05, 0) is 0 Å². The molecule has 0 aliphatic carbocycles. The van der Waals surface area contributed by atoms with Crippen LogP contribution in [0.25, 0.3) is 0 Å². The molecule has 0 atom stereocenters. The van der Waals surface area contributed by atoms with Crippen LogP contribution in [-0.2, 0) is 11.3 Å². The van der Waals surface area contributed by atoms with Crippen molar-refractivity contribution in [2.75, 3.05) is 6.54 Å². The van der Waals surface area contributed by atoms with E-state index in [1.807, 2.05) is 0 Å². The fraction of sp³-hybridized carbons (Fsp3) is 0.600. The molecule has 5 heteroatoms. The lowest BCUT2D eigenvalue weighted by atomic mass is 10.3. The van der Waals surface area contributed by atoms with Gasteiger partial charge in [-0.25, -0.2) is 0 Å². The number of amides is 1. The zero-order valence-electron chi connectivity index (χ0n) is 9.12. The maximum absolute atomic E-state index is 11.4. The topological polar surface area (TPSA) is 54.0 Å². The van der Waals surface area contributed by atoms with Gasteiger partial charge in [0, 0.05) is 30.1 Å². The molecule has 0 aliphatic rings. The van der Waals surface area contributed by atoms with E-state index in [1.165, 1.54) is 0 Å². The predicted octanol–water partition coefficient (Wildman–Crippen LogP) is 1.15. The van der Waals surface area contributed by atoms with Crippen molar-refractivity contribution in [1.82, 2.24) is 15.6 Å². The first-order chi connectivity index (χ1) is 7.18. The van der Waals surface area contributed by atoms with E-state index in [1.54, 1.807) is 23.0 Å². The first kappa shape index (κ1) is 12.1. The molecule has 15 heavy (non-hydrogen) atoms. The van der Waals surface area contributed by atoms with Gasteiger partial charge in [-0.15, -0.1) is 11.3 Å². The lowest BCUT2D eigenvalue weighted by molar-refractivity contribution is -0.121. The van der Waals surface area contributed by atoms with Crippen molar-refractivity contribution in [1.29, 1.82) is 0 Å². The van der Waals surface area contributed by atoms with Crippen molar-refractivity contribution >= 4 is 17.2 Å². The molecule has 1 rings (SSSR count). The van der Waals surface area contributed by atoms with Crippen molar-refractivity contribution in [2.45, 2.75) is 32.9 Å². The van der Waals surface area contributed by atoms with Crippen LogP contribution in [0.5, 0.6) is 0 Å². The maximum atomic E-state index is 11.4. The molecule has 4 nitrogen and oxygen atoms in total. The smallest absolute Gasteiger partial charge is 0.221 e. The molecule has 0 fully saturated rings. The molecule has 2 N–H and O–H groups in total. The Balaban J connectivity index is 2.09. The number of thiazole rings is 1. The summed E-state index contributed by atoms with van der Waals surface area (Å²) in [7, 11) is 0. The summed E-state index contributed by atoms with van der Waals surface area (Å²) < 4.78 is 0. The number of nitrogens with zero attached hydrogens (tertiary/aromatic N) is 1. The Morgan fingerprint density at radius 3 is 3.00 bits per heavy atom. The molecule has 0 aromatic carbocycles. The molecular formula is C10H17N3OS. The third-order valence-electron chi connectivity index (χ3n) is 1.85. The number of rotatable bonds is 6. The van der Waals surface area contributed by atoms with Gasteiger partial charge in [-0.1, -0.05) is 13.8 Å². The molecule has 1 aromatic heterocycles. The Hall–Kier alpha value is -0.940. The van der Waals surface area contributed by atoms with Crippen LogP contribution in [0.3, 0.4) is 0 Å². The molecule has 0 unspecified atom stereocenters. The van der Waals surface area contributed by atoms with Crippen LogP contribution in [-0.4, -0.2) is 23.5 Å². The molecule has 84 valence electrons. The molecule has 0 spiro atoms. The highest BCUT2D eigenvalue weighted by Crippen LogP contribution is 2.03. The molecule has 1 heterocycles. The third kappa shape index (κ3) is 5.49. The minimum absolute atomic E-state index is 0.0801. The molecule has 1 amide bonds. The van der Waals surface area contributed by atoms with Gasteiger partial charge in [0.05, 0.1) is 12.1 Å².